The largest absolute Gasteiger partial charge is 0.412 e. The molecule has 61 heavy (non-hydrogen) atoms. The Morgan fingerprint density at radius 2 is 0.393 bits per heavy atom. The second-order valence-corrected chi connectivity index (χ2v) is 7.72. The van der Waals surface area contributed by atoms with E-state index in [0.29, 0.717) is 0 Å². The Kier molecular flexibility index (Phi) is 45.3. The van der Waals surface area contributed by atoms with Gasteiger partial charge in [0.2, 0.25) is 0 Å². The minimum Gasteiger partial charge on any atom is -0.412 e. The minimum atomic E-state index is 0. The van der Waals surface area contributed by atoms with Crippen LogP contribution in [0.4, 0.5) is 0 Å². The first-order valence-electron chi connectivity index (χ1n) is 15.2. The number of benzene rings is 1. The lowest BCUT2D eigenvalue weighted by Gasteiger charge is -1.89. The zero-order valence-electron chi connectivity index (χ0n) is 31.4. The number of aliphatic hydroxyl groups excluding tert-OH is 1. The first kappa shape index (κ1) is 53.1. The lowest BCUT2D eigenvalue weighted by Crippen LogP contribution is -1.77. The maximum atomic E-state index is 8.54. The van der Waals surface area contributed by atoms with Crippen LogP contribution in [0.5, 0.6) is 0 Å². The van der Waals surface area contributed by atoms with E-state index in [-0.39, 0.29) is 83.4 Å². The third-order valence-corrected chi connectivity index (χ3v) is 3.94. The average Bonchev–Trinajstić information content (AvgIpc) is 3.28. The van der Waals surface area contributed by atoms with Gasteiger partial charge in [0.05, 0.1) is 6.61 Å². The van der Waals surface area contributed by atoms with E-state index in [2.05, 4.69) is 284 Å². The number of hydrogen-bond donors (Lipinski definition) is 1. The summed E-state index contributed by atoms with van der Waals surface area (Å²) in [5.41, 5.74) is 0.965. The van der Waals surface area contributed by atoms with Crippen molar-refractivity contribution in [3.8, 4) is 310 Å². The minimum absolute atomic E-state index is 0. The summed E-state index contributed by atoms with van der Waals surface area (Å²) in [6.45, 7) is 0.140. The van der Waals surface area contributed by atoms with Gasteiger partial charge in [-0.3, -0.25) is 0 Å². The molecule has 1 aromatic carbocycles. The zero-order chi connectivity index (χ0) is 43.8. The monoisotopic (exact) mass is 855 g/mol. The predicted molar refractivity (Wildman–Crippen MR) is 348 cm³/mol. The summed E-state index contributed by atoms with van der Waals surface area (Å²) in [5.74, 6) is 116. The van der Waals surface area contributed by atoms with Crippen LogP contribution in [0.25, 0.3) is 0 Å². The van der Waals surface area contributed by atoms with E-state index in [1.54, 1.807) is 0 Å². The summed E-state index contributed by atoms with van der Waals surface area (Å²) in [7, 11) is 0. The molecule has 2 nitrogen and oxygen atoms in total. The van der Waals surface area contributed by atoms with Crippen LogP contribution in [0.15, 0.2) is 30.3 Å². The second kappa shape index (κ2) is 52.1. The molecule has 0 radical (unpaired) electrons. The van der Waals surface area contributed by atoms with Crippen molar-refractivity contribution in [3.05, 3.63) is 35.9 Å². The summed E-state index contributed by atoms with van der Waals surface area (Å²) < 4.78 is 0. The molecule has 1 rings (SSSR count). The lowest BCUT2D eigenvalue weighted by molar-refractivity contribution is 0.282. The molecule has 0 aliphatic heterocycles. The van der Waals surface area contributed by atoms with Gasteiger partial charge in [-0.25, -0.2) is 0 Å². The molecule has 0 saturated carbocycles. The van der Waals surface area contributed by atoms with Crippen molar-refractivity contribution in [1.29, 1.82) is 0 Å². The molecule has 0 aliphatic rings. The highest BCUT2D eigenvalue weighted by Gasteiger charge is 1.81. The van der Waals surface area contributed by atoms with Gasteiger partial charge in [-0.2, -0.15) is 0 Å². The van der Waals surface area contributed by atoms with Crippen LogP contribution in [-0.4, -0.2) is 10.6 Å². The maximum Gasteiger partial charge on any atom is 0.0681 e. The molecule has 0 unspecified atom stereocenters. The van der Waals surface area contributed by atoms with Gasteiger partial charge in [0.1, 0.15) is 0 Å². The van der Waals surface area contributed by atoms with Crippen LogP contribution in [0.1, 0.15) is 76.9 Å². The molecule has 1 aromatic rings. The Morgan fingerprint density at radius 1 is 0.262 bits per heavy atom. The third-order valence-electron chi connectivity index (χ3n) is 3.94. The van der Waals surface area contributed by atoms with Gasteiger partial charge in [-0.1, -0.05) is 30.3 Å². The zero-order valence-corrected chi connectivity index (χ0v) is 31.4. The number of terminal acetylenes is 4. The lowest BCUT2D eigenvalue weighted by atomic mass is 10.2. The Labute approximate surface area is 435 Å². The third kappa shape index (κ3) is 52.2. The Bertz CT molecular complexity index is 3130. The Hall–Kier alpha value is -12.3. The molecule has 0 amide bonds. The van der Waals surface area contributed by atoms with Gasteiger partial charge in [-0.05, 0) is 195 Å². The first-order valence-corrected chi connectivity index (χ1v) is 15.2. The van der Waals surface area contributed by atoms with Crippen molar-refractivity contribution in [2.24, 2.45) is 0 Å². The van der Waals surface area contributed by atoms with Crippen molar-refractivity contribution in [2.75, 3.05) is 0 Å². The van der Waals surface area contributed by atoms with Gasteiger partial charge < -0.3 is 10.6 Å². The van der Waals surface area contributed by atoms with E-state index in [0.717, 1.165) is 5.56 Å². The normalized spacial score (nSPS) is 4.41. The van der Waals surface area contributed by atoms with E-state index >= 15 is 0 Å². The molecule has 0 atom stereocenters. The molecule has 0 fully saturated rings. The van der Waals surface area contributed by atoms with Gasteiger partial charge in [0.15, 0.2) is 0 Å². The SMILES string of the molecule is C#CC#CC#CC#CC#CC#CC#CC#CC#CC#CC#CC#CC#C.C#CC#CC#CC#CC#CC#CC#CC#CC#CC#CC#CC#CC#C.O.OCc1ccccc1.[HH].[HH].[HH].[HH].[HH].[HH].[HH].[HH].[HH].[HH].[HH].[HH].[HH].[HH].[HH].[HH].[HH].[HH].[HH].[HH].[HH].[HH].[HH].[HH].[HH].[HH].[HH].[HH].[HH].[HH].[HH].[HH].[HH].[HH].[HH].[HH].[HH].[HH].[HH].[HH].[HH].[HH].[HH].[HH].[HH].[HH].[HH].[HH].[HH].[HH]. The number of hydrogen-bond acceptors (Lipinski definition) is 1. The summed E-state index contributed by atoms with van der Waals surface area (Å²) in [6, 6.07) is 9.52. The van der Waals surface area contributed by atoms with Crippen LogP contribution in [0.2, 0.25) is 0 Å². The number of aliphatic hydroxyl groups is 1. The van der Waals surface area contributed by atoms with E-state index in [1.807, 2.05) is 30.3 Å². The van der Waals surface area contributed by atoms with Crippen molar-refractivity contribution >= 4 is 0 Å². The summed E-state index contributed by atoms with van der Waals surface area (Å²) in [5, 5.41) is 8.54. The van der Waals surface area contributed by atoms with Crippen molar-refractivity contribution in [1.82, 2.24) is 0 Å². The van der Waals surface area contributed by atoms with Crippen LogP contribution in [-0.2, 0) is 6.61 Å². The van der Waals surface area contributed by atoms with Gasteiger partial charge >= 0.3 is 0 Å². The van der Waals surface area contributed by atoms with Crippen LogP contribution >= 0.6 is 0 Å². The quantitative estimate of drug-likeness (QED) is 0.281. The van der Waals surface area contributed by atoms with Crippen LogP contribution in [0.3, 0.4) is 0 Å². The van der Waals surface area contributed by atoms with E-state index in [4.69, 9.17) is 30.8 Å². The fraction of sp³-hybridized carbons (Fsp3) is 0.0169. The van der Waals surface area contributed by atoms with Crippen molar-refractivity contribution in [2.45, 2.75) is 6.61 Å². The molecule has 2 heteroatoms. The smallest absolute Gasteiger partial charge is 0.0681 e. The molecular weight excluding hydrogens is 741 g/mol. The molecule has 0 heterocycles. The highest BCUT2D eigenvalue weighted by Crippen LogP contribution is 1.95. The molecule has 0 spiro atoms. The predicted octanol–water partition coefficient (Wildman–Crippen LogP) is 13.2. The molecule has 0 saturated heterocycles. The Balaban J connectivity index is -0.00000000757. The molecular formula is C59H114O2. The van der Waals surface area contributed by atoms with Gasteiger partial charge in [0, 0.05) is 166 Å². The second-order valence-electron chi connectivity index (χ2n) is 7.72. The summed E-state index contributed by atoms with van der Waals surface area (Å²) in [4.78, 5) is 0. The van der Waals surface area contributed by atoms with E-state index in [9.17, 15) is 0 Å². The van der Waals surface area contributed by atoms with Crippen LogP contribution < -0.4 is 0 Å². The first-order chi connectivity index (χ1) is 29.8. The number of rotatable bonds is 1. The van der Waals surface area contributed by atoms with E-state index < -0.39 is 0 Å². The fourth-order valence-corrected chi connectivity index (χ4v) is 1.98. The topological polar surface area (TPSA) is 51.7 Å². The molecule has 0 aliphatic carbocycles. The summed E-state index contributed by atoms with van der Waals surface area (Å²) >= 11 is 0. The summed E-state index contributed by atoms with van der Waals surface area (Å²) in [6.07, 6.45) is 19.6. The molecule has 3 N–H and O–H groups in total. The molecule has 362 valence electrons. The van der Waals surface area contributed by atoms with Crippen molar-refractivity contribution < 1.29 is 81.9 Å². The van der Waals surface area contributed by atoms with Crippen LogP contribution in [0, 0.1) is 310 Å². The highest BCUT2D eigenvalue weighted by atomic mass is 16.3. The Morgan fingerprint density at radius 3 is 0.492 bits per heavy atom. The molecule has 0 bridgehead atoms. The molecule has 0 aromatic heterocycles. The standard InChI is InChI=1S/2C26H2.C7H8O.H2O.50H2/c2*1-3-5-7-9-11-13-15-17-19-21-23-25-26-24-22-20-18-16-14-12-10-8-6-4-2;8-6-7-4-2-1-3-5-7;;;;;;;;;;;;;;;;;;;;;;;;;;;;;;;;;;;;;;;;;;;;;;;;;;;/h2*1-2H;1-5,8H,6H2;1H2;50*1H. The average molecular weight is 856 g/mol. The van der Waals surface area contributed by atoms with Gasteiger partial charge in [0.25, 0.3) is 0 Å². The fourth-order valence-electron chi connectivity index (χ4n) is 1.98. The maximum absolute atomic E-state index is 8.54. The highest BCUT2D eigenvalue weighted by molar-refractivity contribution is 5.50. The van der Waals surface area contributed by atoms with Crippen molar-refractivity contribution in [3.63, 3.8) is 0 Å². The van der Waals surface area contributed by atoms with E-state index in [1.165, 1.54) is 0 Å². The van der Waals surface area contributed by atoms with Gasteiger partial charge in [-0.15, -0.1) is 25.7 Å².